The number of hydrogen-bond donors (Lipinski definition) is 1. The van der Waals surface area contributed by atoms with Crippen molar-refractivity contribution in [2.45, 2.75) is 25.7 Å². The Balaban J connectivity index is 1.93. The maximum Gasteiger partial charge on any atom is 0.00475 e. The van der Waals surface area contributed by atoms with E-state index in [0.717, 1.165) is 5.92 Å². The van der Waals surface area contributed by atoms with Crippen molar-refractivity contribution in [2.75, 3.05) is 13.1 Å². The molecule has 2 rings (SSSR count). The Morgan fingerprint density at radius 2 is 1.92 bits per heavy atom. The molecule has 12 heavy (non-hydrogen) atoms. The van der Waals surface area contributed by atoms with Crippen molar-refractivity contribution in [1.29, 1.82) is 0 Å². The molecule has 0 aromatic carbocycles. The SMILES string of the molecule is C1=CCC/C(C2CNC2)=C\CC1. The second-order valence-electron chi connectivity index (χ2n) is 3.72. The van der Waals surface area contributed by atoms with Crippen LogP contribution in [0.4, 0.5) is 0 Å². The van der Waals surface area contributed by atoms with Crippen LogP contribution < -0.4 is 5.32 Å². The first-order chi connectivity index (χ1) is 5.97. The van der Waals surface area contributed by atoms with Gasteiger partial charge in [0.05, 0.1) is 0 Å². The smallest absolute Gasteiger partial charge is 0.00475 e. The van der Waals surface area contributed by atoms with Gasteiger partial charge < -0.3 is 5.32 Å². The molecule has 0 bridgehead atoms. The van der Waals surface area contributed by atoms with E-state index < -0.39 is 0 Å². The van der Waals surface area contributed by atoms with E-state index in [-0.39, 0.29) is 0 Å². The molecule has 0 saturated carbocycles. The number of nitrogens with one attached hydrogen (secondary N) is 1. The average molecular weight is 163 g/mol. The van der Waals surface area contributed by atoms with Crippen LogP contribution in [0.3, 0.4) is 0 Å². The van der Waals surface area contributed by atoms with Crippen molar-refractivity contribution >= 4 is 0 Å². The minimum atomic E-state index is 0.872. The molecular formula is C11H17N. The van der Waals surface area contributed by atoms with Crippen LogP contribution in [0.5, 0.6) is 0 Å². The van der Waals surface area contributed by atoms with Gasteiger partial charge in [0.2, 0.25) is 0 Å². The third kappa shape index (κ3) is 1.78. The Morgan fingerprint density at radius 1 is 1.08 bits per heavy atom. The van der Waals surface area contributed by atoms with Crippen LogP contribution in [0.1, 0.15) is 25.7 Å². The monoisotopic (exact) mass is 163 g/mol. The zero-order valence-corrected chi connectivity index (χ0v) is 7.55. The average Bonchev–Trinajstić information content (AvgIpc) is 1.90. The van der Waals surface area contributed by atoms with E-state index in [0.29, 0.717) is 0 Å². The maximum atomic E-state index is 3.34. The summed E-state index contributed by atoms with van der Waals surface area (Å²) in [7, 11) is 0. The van der Waals surface area contributed by atoms with Gasteiger partial charge in [0.1, 0.15) is 0 Å². The first-order valence-corrected chi connectivity index (χ1v) is 5.01. The molecule has 1 N–H and O–H groups in total. The molecule has 0 atom stereocenters. The summed E-state index contributed by atoms with van der Waals surface area (Å²) in [5.74, 6) is 0.872. The number of allylic oxidation sites excluding steroid dienone is 3. The van der Waals surface area contributed by atoms with Gasteiger partial charge in [-0.3, -0.25) is 0 Å². The molecule has 0 radical (unpaired) electrons. The van der Waals surface area contributed by atoms with Crippen LogP contribution >= 0.6 is 0 Å². The summed E-state index contributed by atoms with van der Waals surface area (Å²) >= 11 is 0. The Hall–Kier alpha value is -0.560. The highest BCUT2D eigenvalue weighted by molar-refractivity contribution is 5.13. The zero-order chi connectivity index (χ0) is 8.23. The van der Waals surface area contributed by atoms with Crippen molar-refractivity contribution in [3.8, 4) is 0 Å². The largest absolute Gasteiger partial charge is 0.315 e. The topological polar surface area (TPSA) is 12.0 Å². The third-order valence-corrected chi connectivity index (χ3v) is 2.81. The Bertz CT molecular complexity index is 199. The molecule has 0 spiro atoms. The summed E-state index contributed by atoms with van der Waals surface area (Å²) in [5, 5.41) is 3.34. The van der Waals surface area contributed by atoms with Crippen LogP contribution in [0.25, 0.3) is 0 Å². The third-order valence-electron chi connectivity index (χ3n) is 2.81. The Morgan fingerprint density at radius 3 is 2.67 bits per heavy atom. The summed E-state index contributed by atoms with van der Waals surface area (Å²) in [6, 6.07) is 0. The fraction of sp³-hybridized carbons (Fsp3) is 0.636. The fourth-order valence-electron chi connectivity index (χ4n) is 1.87. The standard InChI is InChI=1S/C11H17N/c1-2-4-6-10(7-5-3-1)11-8-12-9-11/h1-2,7,11-12H,3-6,8-9H2/b2-1?,10-7+. The lowest BCUT2D eigenvalue weighted by Crippen LogP contribution is -2.43. The predicted molar refractivity (Wildman–Crippen MR) is 52.1 cm³/mol. The summed E-state index contributed by atoms with van der Waals surface area (Å²) in [5.41, 5.74) is 1.71. The summed E-state index contributed by atoms with van der Waals surface area (Å²) in [6.07, 6.45) is 12.2. The van der Waals surface area contributed by atoms with E-state index in [1.807, 2.05) is 0 Å². The van der Waals surface area contributed by atoms with Crippen LogP contribution in [-0.2, 0) is 0 Å². The van der Waals surface area contributed by atoms with Crippen LogP contribution in [0, 0.1) is 5.92 Å². The molecule has 0 aromatic rings. The first-order valence-electron chi connectivity index (χ1n) is 5.01. The van der Waals surface area contributed by atoms with E-state index in [2.05, 4.69) is 23.5 Å². The van der Waals surface area contributed by atoms with E-state index in [9.17, 15) is 0 Å². The highest BCUT2D eigenvalue weighted by Crippen LogP contribution is 2.23. The molecule has 1 nitrogen and oxygen atoms in total. The second-order valence-corrected chi connectivity index (χ2v) is 3.72. The minimum absolute atomic E-state index is 0.872. The molecule has 2 aliphatic rings. The molecule has 1 aliphatic carbocycles. The van der Waals surface area contributed by atoms with E-state index in [1.54, 1.807) is 5.57 Å². The normalized spacial score (nSPS) is 29.8. The van der Waals surface area contributed by atoms with Gasteiger partial charge in [-0.25, -0.2) is 0 Å². The molecule has 0 unspecified atom stereocenters. The van der Waals surface area contributed by atoms with Crippen molar-refractivity contribution < 1.29 is 0 Å². The van der Waals surface area contributed by atoms with Gasteiger partial charge in [-0.05, 0) is 25.7 Å². The van der Waals surface area contributed by atoms with Crippen molar-refractivity contribution in [1.82, 2.24) is 5.32 Å². The van der Waals surface area contributed by atoms with Gasteiger partial charge in [0.25, 0.3) is 0 Å². The summed E-state index contributed by atoms with van der Waals surface area (Å²) in [6.45, 7) is 2.44. The van der Waals surface area contributed by atoms with Gasteiger partial charge in [0, 0.05) is 19.0 Å². The summed E-state index contributed by atoms with van der Waals surface area (Å²) < 4.78 is 0. The van der Waals surface area contributed by atoms with Gasteiger partial charge in [-0.2, -0.15) is 0 Å². The molecule has 1 saturated heterocycles. The van der Waals surface area contributed by atoms with Gasteiger partial charge in [0.15, 0.2) is 0 Å². The van der Waals surface area contributed by atoms with Crippen LogP contribution in [0.15, 0.2) is 23.8 Å². The molecule has 1 heterocycles. The maximum absolute atomic E-state index is 3.34. The fourth-order valence-corrected chi connectivity index (χ4v) is 1.87. The highest BCUT2D eigenvalue weighted by atomic mass is 14.9. The van der Waals surface area contributed by atoms with E-state index in [1.165, 1.54) is 38.8 Å². The second kappa shape index (κ2) is 3.90. The van der Waals surface area contributed by atoms with E-state index >= 15 is 0 Å². The molecule has 1 fully saturated rings. The Labute approximate surface area is 74.5 Å². The number of rotatable bonds is 1. The lowest BCUT2D eigenvalue weighted by Gasteiger charge is -2.30. The summed E-state index contributed by atoms with van der Waals surface area (Å²) in [4.78, 5) is 0. The van der Waals surface area contributed by atoms with Gasteiger partial charge in [-0.15, -0.1) is 0 Å². The first kappa shape index (κ1) is 8.06. The highest BCUT2D eigenvalue weighted by Gasteiger charge is 2.20. The van der Waals surface area contributed by atoms with Crippen molar-refractivity contribution in [3.63, 3.8) is 0 Å². The molecule has 66 valence electrons. The zero-order valence-electron chi connectivity index (χ0n) is 7.55. The molecule has 0 amide bonds. The predicted octanol–water partition coefficient (Wildman–Crippen LogP) is 2.26. The van der Waals surface area contributed by atoms with Crippen molar-refractivity contribution in [3.05, 3.63) is 23.8 Å². The quantitative estimate of drug-likeness (QED) is 0.585. The lowest BCUT2D eigenvalue weighted by atomic mass is 9.88. The molecule has 1 aliphatic heterocycles. The van der Waals surface area contributed by atoms with Gasteiger partial charge >= 0.3 is 0 Å². The minimum Gasteiger partial charge on any atom is -0.315 e. The molecule has 1 heteroatoms. The lowest BCUT2D eigenvalue weighted by molar-refractivity contribution is 0.389. The van der Waals surface area contributed by atoms with Crippen molar-refractivity contribution in [2.24, 2.45) is 5.92 Å². The number of hydrogen-bond acceptors (Lipinski definition) is 1. The molecular weight excluding hydrogens is 146 g/mol. The van der Waals surface area contributed by atoms with E-state index in [4.69, 9.17) is 0 Å². The molecule has 0 aromatic heterocycles. The van der Waals surface area contributed by atoms with Crippen LogP contribution in [0.2, 0.25) is 0 Å². The Kier molecular flexibility index (Phi) is 2.62. The van der Waals surface area contributed by atoms with Gasteiger partial charge in [-0.1, -0.05) is 23.8 Å². The van der Waals surface area contributed by atoms with Crippen LogP contribution in [-0.4, -0.2) is 13.1 Å².